The lowest BCUT2D eigenvalue weighted by Gasteiger charge is -2.30. The first-order valence-corrected chi connectivity index (χ1v) is 10.2. The fourth-order valence-electron chi connectivity index (χ4n) is 3.36. The number of benzene rings is 2. The molecule has 1 aliphatic rings. The van der Waals surface area contributed by atoms with E-state index in [0.717, 1.165) is 5.56 Å². The molecule has 0 bridgehead atoms. The summed E-state index contributed by atoms with van der Waals surface area (Å²) in [4.78, 5) is 28.5. The maximum absolute atomic E-state index is 12.3. The third-order valence-corrected chi connectivity index (χ3v) is 5.62. The van der Waals surface area contributed by atoms with E-state index in [4.69, 9.17) is 34.3 Å². The lowest BCUT2D eigenvalue weighted by Crippen LogP contribution is -2.46. The largest absolute Gasteiger partial charge is 0.369 e. The Hall–Kier alpha value is -3.16. The van der Waals surface area contributed by atoms with E-state index >= 15 is 0 Å². The Bertz CT molecular complexity index is 1080. The molecule has 2 aromatic rings. The highest BCUT2D eigenvalue weighted by molar-refractivity contribution is 6.42. The van der Waals surface area contributed by atoms with Gasteiger partial charge in [0.15, 0.2) is 0 Å². The van der Waals surface area contributed by atoms with Crippen molar-refractivity contribution in [3.05, 3.63) is 76.3 Å². The second-order valence-corrected chi connectivity index (χ2v) is 7.73. The molecule has 2 amide bonds. The molecule has 0 spiro atoms. The van der Waals surface area contributed by atoms with Crippen LogP contribution >= 0.6 is 23.2 Å². The van der Waals surface area contributed by atoms with Crippen LogP contribution in [0.25, 0.3) is 0 Å². The Morgan fingerprint density at radius 3 is 2.68 bits per heavy atom. The average Bonchev–Trinajstić information content (AvgIpc) is 2.76. The minimum absolute atomic E-state index is 0.0359. The first kappa shape index (κ1) is 22.5. The van der Waals surface area contributed by atoms with Crippen LogP contribution in [0.15, 0.2) is 60.1 Å². The van der Waals surface area contributed by atoms with Gasteiger partial charge in [-0.25, -0.2) is 0 Å². The first-order chi connectivity index (χ1) is 14.8. The van der Waals surface area contributed by atoms with Crippen LogP contribution < -0.4 is 16.4 Å². The number of aliphatic imine (C=N–C) groups is 1. The third kappa shape index (κ3) is 5.13. The highest BCUT2D eigenvalue weighted by Gasteiger charge is 2.32. The van der Waals surface area contributed by atoms with Crippen molar-refractivity contribution in [2.75, 3.05) is 11.9 Å². The van der Waals surface area contributed by atoms with Gasteiger partial charge in [0.25, 0.3) is 0 Å². The minimum atomic E-state index is -1.09. The summed E-state index contributed by atoms with van der Waals surface area (Å²) in [6, 6.07) is 11.8. The van der Waals surface area contributed by atoms with Crippen LogP contribution in [0.2, 0.25) is 10.0 Å². The normalized spacial score (nSPS) is 16.5. The molecule has 2 aromatic carbocycles. The monoisotopic (exact) mass is 457 g/mol. The van der Waals surface area contributed by atoms with E-state index in [1.807, 2.05) is 18.2 Å². The third-order valence-electron chi connectivity index (χ3n) is 4.88. The molecule has 7 nitrogen and oxygen atoms in total. The number of amides is 2. The Morgan fingerprint density at radius 2 is 2.00 bits per heavy atom. The van der Waals surface area contributed by atoms with E-state index in [1.54, 1.807) is 18.2 Å². The van der Waals surface area contributed by atoms with E-state index in [1.165, 1.54) is 12.1 Å². The lowest BCUT2D eigenvalue weighted by molar-refractivity contribution is -0.118. The summed E-state index contributed by atoms with van der Waals surface area (Å²) in [5.74, 6) is -1.83. The summed E-state index contributed by atoms with van der Waals surface area (Å²) >= 11 is 12.0. The zero-order valence-corrected chi connectivity index (χ0v) is 18.0. The smallest absolute Gasteiger partial charge is 0.247 e. The Labute approximate surface area is 189 Å². The molecule has 0 saturated carbocycles. The number of nitrogens with zero attached hydrogens (tertiary/aromatic N) is 1. The van der Waals surface area contributed by atoms with Crippen LogP contribution in [0.5, 0.6) is 0 Å². The molecule has 160 valence electrons. The minimum Gasteiger partial charge on any atom is -0.369 e. The second-order valence-electron chi connectivity index (χ2n) is 6.91. The van der Waals surface area contributed by atoms with Crippen LogP contribution in [0.4, 0.5) is 5.69 Å². The van der Waals surface area contributed by atoms with Gasteiger partial charge in [0.2, 0.25) is 11.8 Å². The zero-order chi connectivity index (χ0) is 22.5. The fraction of sp³-hybridized carbons (Fsp3) is 0.182. The van der Waals surface area contributed by atoms with E-state index in [0.29, 0.717) is 35.1 Å². The van der Waals surface area contributed by atoms with Gasteiger partial charge in [-0.2, -0.15) is 0 Å². The van der Waals surface area contributed by atoms with Gasteiger partial charge in [-0.15, -0.1) is 0 Å². The van der Waals surface area contributed by atoms with Crippen LogP contribution in [0.3, 0.4) is 0 Å². The Kier molecular flexibility index (Phi) is 7.09. The number of anilines is 1. The summed E-state index contributed by atoms with van der Waals surface area (Å²) in [6.07, 6.45) is 1.83. The lowest BCUT2D eigenvalue weighted by atomic mass is 9.92. The number of hydrogen-bond donors (Lipinski definition) is 4. The van der Waals surface area contributed by atoms with E-state index < -0.39 is 11.8 Å². The van der Waals surface area contributed by atoms with Crippen LogP contribution in [-0.4, -0.2) is 29.9 Å². The number of carbonyl (C=O) groups is 2. The summed E-state index contributed by atoms with van der Waals surface area (Å²) in [6.45, 7) is 3.90. The van der Waals surface area contributed by atoms with Gasteiger partial charge in [-0.1, -0.05) is 54.0 Å². The Morgan fingerprint density at radius 1 is 1.26 bits per heavy atom. The number of para-hydroxylation sites is 1. The number of carbonyl (C=O) groups excluding carboxylic acids is 2. The number of hydrogen-bond acceptors (Lipinski definition) is 5. The number of halogens is 2. The molecule has 31 heavy (non-hydrogen) atoms. The molecule has 2 atom stereocenters. The fourth-order valence-corrected chi connectivity index (χ4v) is 3.66. The van der Waals surface area contributed by atoms with Crippen molar-refractivity contribution in [3.63, 3.8) is 0 Å². The summed E-state index contributed by atoms with van der Waals surface area (Å²) < 4.78 is 0. The summed E-state index contributed by atoms with van der Waals surface area (Å²) in [5.41, 5.74) is 7.48. The highest BCUT2D eigenvalue weighted by atomic mass is 35.5. The quantitative estimate of drug-likeness (QED) is 0.374. The molecule has 1 heterocycles. The SMILES string of the molecule is C=CC(=O)Nc1ccccc1C1CCN=C(C(C(=N)c2ccc(Cl)c(Cl)c2)C(N)=O)N1. The van der Waals surface area contributed by atoms with Crippen molar-refractivity contribution >= 4 is 52.3 Å². The Balaban J connectivity index is 1.89. The van der Waals surface area contributed by atoms with E-state index in [-0.39, 0.29) is 22.7 Å². The predicted octanol–water partition coefficient (Wildman–Crippen LogP) is 3.72. The van der Waals surface area contributed by atoms with Gasteiger partial charge in [0.1, 0.15) is 11.8 Å². The maximum Gasteiger partial charge on any atom is 0.247 e. The molecular weight excluding hydrogens is 437 g/mol. The number of nitrogens with two attached hydrogens (primary N) is 1. The van der Waals surface area contributed by atoms with E-state index in [2.05, 4.69) is 22.2 Å². The molecule has 0 aliphatic carbocycles. The van der Waals surface area contributed by atoms with E-state index in [9.17, 15) is 9.59 Å². The first-order valence-electron chi connectivity index (χ1n) is 9.48. The molecule has 5 N–H and O–H groups in total. The van der Waals surface area contributed by atoms with Crippen molar-refractivity contribution in [2.24, 2.45) is 16.6 Å². The number of rotatable bonds is 7. The predicted molar refractivity (Wildman–Crippen MR) is 124 cm³/mol. The standard InChI is InChI=1S/C22H21Cl2N5O2/c1-2-18(30)28-16-6-4-3-5-13(16)17-9-10-27-22(29-17)19(21(26)31)20(25)12-7-8-14(23)15(24)11-12/h2-8,11,17,19,25H,1,9-10H2,(H2,26,31)(H,27,29)(H,28,30). The average molecular weight is 458 g/mol. The van der Waals surface area contributed by atoms with Crippen molar-refractivity contribution in [1.82, 2.24) is 5.32 Å². The van der Waals surface area contributed by atoms with Crippen LogP contribution in [0.1, 0.15) is 23.6 Å². The number of nitrogens with one attached hydrogen (secondary N) is 3. The molecule has 0 fully saturated rings. The highest BCUT2D eigenvalue weighted by Crippen LogP contribution is 2.29. The van der Waals surface area contributed by atoms with Crippen molar-refractivity contribution in [1.29, 1.82) is 5.41 Å². The molecule has 3 rings (SSSR count). The van der Waals surface area contributed by atoms with Crippen LogP contribution in [0, 0.1) is 11.3 Å². The van der Waals surface area contributed by atoms with Gasteiger partial charge >= 0.3 is 0 Å². The molecule has 9 heteroatoms. The molecule has 0 radical (unpaired) electrons. The number of amidine groups is 1. The topological polar surface area (TPSA) is 120 Å². The molecule has 0 saturated heterocycles. The van der Waals surface area contributed by atoms with Gasteiger partial charge in [0.05, 0.1) is 21.8 Å². The van der Waals surface area contributed by atoms with Gasteiger partial charge in [0, 0.05) is 12.2 Å². The molecular formula is C22H21Cl2N5O2. The van der Waals surface area contributed by atoms with Crippen molar-refractivity contribution < 1.29 is 9.59 Å². The van der Waals surface area contributed by atoms with Crippen molar-refractivity contribution in [3.8, 4) is 0 Å². The van der Waals surface area contributed by atoms with Gasteiger partial charge in [-0.3, -0.25) is 14.6 Å². The molecule has 1 aliphatic heterocycles. The second kappa shape index (κ2) is 9.76. The summed E-state index contributed by atoms with van der Waals surface area (Å²) in [7, 11) is 0. The van der Waals surface area contributed by atoms with Crippen molar-refractivity contribution in [2.45, 2.75) is 12.5 Å². The maximum atomic E-state index is 12.3. The van der Waals surface area contributed by atoms with Gasteiger partial charge in [-0.05, 0) is 41.8 Å². The number of primary amides is 1. The summed E-state index contributed by atoms with van der Waals surface area (Å²) in [5, 5.41) is 15.2. The van der Waals surface area contributed by atoms with Crippen LogP contribution in [-0.2, 0) is 9.59 Å². The molecule has 0 aromatic heterocycles. The van der Waals surface area contributed by atoms with Gasteiger partial charge < -0.3 is 21.8 Å². The zero-order valence-electron chi connectivity index (χ0n) is 16.5. The molecule has 2 unspecified atom stereocenters.